The summed E-state index contributed by atoms with van der Waals surface area (Å²) >= 11 is 4.37. The molecule has 0 spiro atoms. The predicted molar refractivity (Wildman–Crippen MR) is 98.0 cm³/mol. The third kappa shape index (κ3) is 4.86. The molecule has 132 valence electrons. The van der Waals surface area contributed by atoms with Crippen molar-refractivity contribution in [2.45, 2.75) is 24.1 Å². The molecule has 0 bridgehead atoms. The van der Waals surface area contributed by atoms with Gasteiger partial charge < -0.3 is 15.7 Å². The van der Waals surface area contributed by atoms with E-state index in [2.05, 4.69) is 36.5 Å². The number of halogens is 1. The highest BCUT2D eigenvalue weighted by molar-refractivity contribution is 9.10. The molecule has 0 saturated carbocycles. The van der Waals surface area contributed by atoms with E-state index < -0.39 is 10.0 Å². The second-order valence-corrected chi connectivity index (χ2v) is 8.95. The Kier molecular flexibility index (Phi) is 6.15. The number of sulfonamides is 1. The lowest BCUT2D eigenvalue weighted by Gasteiger charge is -2.21. The third-order valence-electron chi connectivity index (χ3n) is 3.18. The van der Waals surface area contributed by atoms with Crippen LogP contribution >= 0.6 is 27.3 Å². The summed E-state index contributed by atoms with van der Waals surface area (Å²) < 4.78 is 23.3. The highest BCUT2D eigenvalue weighted by Gasteiger charge is 2.16. The second kappa shape index (κ2) is 7.74. The van der Waals surface area contributed by atoms with Crippen LogP contribution in [0.25, 0.3) is 0 Å². The molecule has 2 heterocycles. The molecule has 8 nitrogen and oxygen atoms in total. The minimum Gasteiger partial charge on any atom is -0.394 e. The van der Waals surface area contributed by atoms with Crippen molar-refractivity contribution in [3.8, 4) is 0 Å². The number of primary sulfonamides is 1. The molecule has 0 aliphatic heterocycles. The summed E-state index contributed by atoms with van der Waals surface area (Å²) in [6.07, 6.45) is 1.57. The topological polar surface area (TPSA) is 130 Å². The van der Waals surface area contributed by atoms with Gasteiger partial charge in [0.05, 0.1) is 22.8 Å². The summed E-state index contributed by atoms with van der Waals surface area (Å²) in [5, 5.41) is 22.2. The quantitative estimate of drug-likeness (QED) is 0.523. The minimum absolute atomic E-state index is 0.0286. The van der Waals surface area contributed by atoms with Crippen LogP contribution in [0, 0.1) is 5.92 Å². The summed E-state index contributed by atoms with van der Waals surface area (Å²) in [7, 11) is -3.73. The van der Waals surface area contributed by atoms with E-state index in [0.29, 0.717) is 21.9 Å². The molecule has 0 radical (unpaired) electrons. The van der Waals surface area contributed by atoms with Crippen molar-refractivity contribution in [1.82, 2.24) is 9.97 Å². The third-order valence-corrected chi connectivity index (χ3v) is 6.15. The molecule has 0 unspecified atom stereocenters. The van der Waals surface area contributed by atoms with E-state index in [1.807, 2.05) is 13.8 Å². The second-order valence-electron chi connectivity index (χ2n) is 5.39. The summed E-state index contributed by atoms with van der Waals surface area (Å²) in [4.78, 5) is 8.48. The summed E-state index contributed by atoms with van der Waals surface area (Å²) in [5.41, 5.74) is 0.528. The van der Waals surface area contributed by atoms with Gasteiger partial charge >= 0.3 is 0 Å². The van der Waals surface area contributed by atoms with Crippen LogP contribution in [0.4, 0.5) is 17.5 Å². The Hall–Kier alpha value is -1.27. The average molecular weight is 436 g/mol. The Morgan fingerprint density at radius 1 is 1.46 bits per heavy atom. The zero-order valence-electron chi connectivity index (χ0n) is 13.0. The van der Waals surface area contributed by atoms with Gasteiger partial charge in [-0.1, -0.05) is 13.8 Å². The van der Waals surface area contributed by atoms with Gasteiger partial charge in [0.25, 0.3) is 0 Å². The van der Waals surface area contributed by atoms with Gasteiger partial charge in [-0.2, -0.15) is 4.98 Å². The first-order valence-electron chi connectivity index (χ1n) is 6.99. The molecule has 0 aliphatic carbocycles. The van der Waals surface area contributed by atoms with Crippen LogP contribution in [0.1, 0.15) is 13.8 Å². The van der Waals surface area contributed by atoms with Crippen LogP contribution in [0.2, 0.25) is 0 Å². The number of anilines is 3. The summed E-state index contributed by atoms with van der Waals surface area (Å²) in [6, 6.07) is 1.27. The highest BCUT2D eigenvalue weighted by atomic mass is 79.9. The lowest BCUT2D eigenvalue weighted by molar-refractivity contribution is 0.249. The van der Waals surface area contributed by atoms with E-state index >= 15 is 0 Å². The number of hydrogen-bond donors (Lipinski definition) is 4. The molecule has 2 aromatic rings. The molecule has 0 aromatic carbocycles. The van der Waals surface area contributed by atoms with Crippen molar-refractivity contribution in [3.05, 3.63) is 22.1 Å². The lowest BCUT2D eigenvalue weighted by Crippen LogP contribution is -2.30. The van der Waals surface area contributed by atoms with Gasteiger partial charge in [-0.15, -0.1) is 11.3 Å². The molecule has 0 saturated heterocycles. The number of aromatic nitrogens is 2. The highest BCUT2D eigenvalue weighted by Crippen LogP contribution is 2.27. The Labute approximate surface area is 152 Å². The van der Waals surface area contributed by atoms with E-state index in [1.54, 1.807) is 11.6 Å². The van der Waals surface area contributed by atoms with Crippen LogP contribution < -0.4 is 15.8 Å². The van der Waals surface area contributed by atoms with Gasteiger partial charge in [0.1, 0.15) is 10.0 Å². The monoisotopic (exact) mass is 435 g/mol. The summed E-state index contributed by atoms with van der Waals surface area (Å²) in [5.74, 6) is 1.03. The van der Waals surface area contributed by atoms with Crippen LogP contribution in [0.5, 0.6) is 0 Å². The minimum atomic E-state index is -3.73. The number of hydrogen-bond acceptors (Lipinski definition) is 8. The van der Waals surface area contributed by atoms with Crippen molar-refractivity contribution in [2.75, 3.05) is 17.2 Å². The number of nitrogens with one attached hydrogen (secondary N) is 2. The molecule has 5 N–H and O–H groups in total. The smallest absolute Gasteiger partial charge is 0.247 e. The molecule has 11 heteroatoms. The molecule has 2 aromatic heterocycles. The molecule has 2 rings (SSSR count). The largest absolute Gasteiger partial charge is 0.394 e. The average Bonchev–Trinajstić information content (AvgIpc) is 2.96. The fraction of sp³-hybridized carbons (Fsp3) is 0.385. The van der Waals surface area contributed by atoms with Crippen molar-refractivity contribution in [1.29, 1.82) is 0 Å². The molecule has 1 atom stereocenters. The number of nitrogens with two attached hydrogens (primary N) is 1. The van der Waals surface area contributed by atoms with E-state index in [4.69, 9.17) is 5.14 Å². The van der Waals surface area contributed by atoms with E-state index in [0.717, 1.165) is 11.3 Å². The summed E-state index contributed by atoms with van der Waals surface area (Å²) in [6.45, 7) is 3.95. The van der Waals surface area contributed by atoms with Gasteiger partial charge in [-0.05, 0) is 27.9 Å². The maximum absolute atomic E-state index is 11.3. The van der Waals surface area contributed by atoms with E-state index in [9.17, 15) is 13.5 Å². The number of aliphatic hydroxyl groups excluding tert-OH is 1. The first-order valence-corrected chi connectivity index (χ1v) is 10.2. The normalized spacial score (nSPS) is 13.1. The van der Waals surface area contributed by atoms with Gasteiger partial charge in [-0.3, -0.25) is 0 Å². The van der Waals surface area contributed by atoms with Gasteiger partial charge in [0, 0.05) is 11.6 Å². The van der Waals surface area contributed by atoms with Crippen molar-refractivity contribution < 1.29 is 13.5 Å². The zero-order chi connectivity index (χ0) is 17.9. The number of nitrogens with zero attached hydrogens (tertiary/aromatic N) is 2. The van der Waals surface area contributed by atoms with Crippen LogP contribution in [0.15, 0.2) is 26.3 Å². The van der Waals surface area contributed by atoms with Crippen LogP contribution in [-0.4, -0.2) is 36.1 Å². The van der Waals surface area contributed by atoms with Crippen LogP contribution in [0.3, 0.4) is 0 Å². The molecular weight excluding hydrogens is 418 g/mol. The SMILES string of the molecule is CC(C)[C@H](CO)Nc1nc(Nc2csc(S(N)(=O)=O)c2)ncc1Br. The molecule has 0 amide bonds. The van der Waals surface area contributed by atoms with Crippen LogP contribution in [-0.2, 0) is 10.0 Å². The lowest BCUT2D eigenvalue weighted by atomic mass is 10.1. The number of aliphatic hydroxyl groups is 1. The molecular formula is C13H18BrN5O3S2. The molecule has 0 aliphatic rings. The Morgan fingerprint density at radius 3 is 2.71 bits per heavy atom. The van der Waals surface area contributed by atoms with Crippen molar-refractivity contribution in [2.24, 2.45) is 11.1 Å². The first kappa shape index (κ1) is 19.1. The molecule has 0 fully saturated rings. The number of rotatable bonds is 7. The Bertz CT molecular complexity index is 810. The van der Waals surface area contributed by atoms with Gasteiger partial charge in [-0.25, -0.2) is 18.5 Å². The van der Waals surface area contributed by atoms with Gasteiger partial charge in [0.15, 0.2) is 0 Å². The van der Waals surface area contributed by atoms with Gasteiger partial charge in [0.2, 0.25) is 16.0 Å². The van der Waals surface area contributed by atoms with Crippen molar-refractivity contribution in [3.63, 3.8) is 0 Å². The number of thiophene rings is 1. The fourth-order valence-corrected chi connectivity index (χ4v) is 3.63. The Balaban J connectivity index is 2.20. The first-order chi connectivity index (χ1) is 11.2. The van der Waals surface area contributed by atoms with Crippen molar-refractivity contribution >= 4 is 54.7 Å². The van der Waals surface area contributed by atoms with E-state index in [-0.39, 0.29) is 22.8 Å². The Morgan fingerprint density at radius 2 is 2.17 bits per heavy atom. The maximum Gasteiger partial charge on any atom is 0.247 e. The zero-order valence-corrected chi connectivity index (χ0v) is 16.2. The standard InChI is InChI=1S/C13H18BrN5O3S2/c1-7(2)10(5-20)18-12-9(14)4-16-13(19-12)17-8-3-11(23-6-8)24(15,21)22/h3-4,6-7,10,20H,5H2,1-2H3,(H2,15,21,22)(H2,16,17,18,19)/t10-/m0/s1. The molecule has 24 heavy (non-hydrogen) atoms. The van der Waals surface area contributed by atoms with E-state index in [1.165, 1.54) is 6.07 Å². The fourth-order valence-electron chi connectivity index (χ4n) is 1.79. The maximum atomic E-state index is 11.3. The predicted octanol–water partition coefficient (Wildman–Crippen LogP) is 2.12.